The number of carbonyl (C=O) groups is 4. The molecule has 0 aliphatic carbocycles. The van der Waals surface area contributed by atoms with E-state index in [9.17, 15) is 19.2 Å². The zero-order valence-electron chi connectivity index (χ0n) is 15.2. The smallest absolute Gasteiger partial charge is 0.317 e. The molecule has 1 aromatic carbocycles. The zero-order valence-corrected chi connectivity index (χ0v) is 15.2. The van der Waals surface area contributed by atoms with Crippen LogP contribution in [0.1, 0.15) is 5.56 Å². The van der Waals surface area contributed by atoms with E-state index in [0.29, 0.717) is 5.69 Å². The molecule has 0 atom stereocenters. The number of carboxylic acid groups (broad SMARTS) is 3. The van der Waals surface area contributed by atoms with Crippen molar-refractivity contribution in [3.8, 4) is 0 Å². The second-order valence-corrected chi connectivity index (χ2v) is 5.98. The van der Waals surface area contributed by atoms with Gasteiger partial charge in [0.2, 0.25) is 5.91 Å². The minimum Gasteiger partial charge on any atom is -0.480 e. The Labute approximate surface area is 161 Å². The summed E-state index contributed by atoms with van der Waals surface area (Å²) in [6, 6.07) is 6.87. The van der Waals surface area contributed by atoms with Gasteiger partial charge in [0.25, 0.3) is 0 Å². The predicted molar refractivity (Wildman–Crippen MR) is 101 cm³/mol. The van der Waals surface area contributed by atoms with Gasteiger partial charge in [-0.1, -0.05) is 24.8 Å². The highest BCUT2D eigenvalue weighted by molar-refractivity contribution is 5.92. The van der Waals surface area contributed by atoms with Crippen molar-refractivity contribution in [2.75, 3.05) is 44.6 Å². The van der Waals surface area contributed by atoms with Crippen LogP contribution in [0.3, 0.4) is 0 Å². The van der Waals surface area contributed by atoms with Gasteiger partial charge in [0.1, 0.15) is 0 Å². The fraction of sp³-hybridized carbons (Fsp3) is 0.333. The van der Waals surface area contributed by atoms with E-state index in [0.717, 1.165) is 10.5 Å². The van der Waals surface area contributed by atoms with Gasteiger partial charge in [0.15, 0.2) is 0 Å². The second-order valence-electron chi connectivity index (χ2n) is 5.98. The van der Waals surface area contributed by atoms with Crippen LogP contribution in [0.4, 0.5) is 5.69 Å². The molecule has 152 valence electrons. The molecular weight excluding hydrogens is 370 g/mol. The van der Waals surface area contributed by atoms with Crippen LogP contribution in [0.5, 0.6) is 0 Å². The van der Waals surface area contributed by atoms with Gasteiger partial charge in [-0.25, -0.2) is 0 Å². The molecule has 1 aromatic rings. The van der Waals surface area contributed by atoms with E-state index in [2.05, 4.69) is 11.9 Å². The van der Waals surface area contributed by atoms with Gasteiger partial charge in [-0.2, -0.15) is 0 Å². The first-order valence-corrected chi connectivity index (χ1v) is 8.32. The maximum Gasteiger partial charge on any atom is 0.317 e. The molecule has 0 bridgehead atoms. The van der Waals surface area contributed by atoms with Crippen molar-refractivity contribution in [2.45, 2.75) is 0 Å². The van der Waals surface area contributed by atoms with Crippen LogP contribution in [-0.4, -0.2) is 88.2 Å². The molecule has 0 fully saturated rings. The lowest BCUT2D eigenvalue weighted by atomic mass is 10.2. The van der Waals surface area contributed by atoms with Crippen LogP contribution < -0.4 is 5.32 Å². The molecule has 0 aromatic heterocycles. The van der Waals surface area contributed by atoms with Crippen LogP contribution in [0.25, 0.3) is 6.08 Å². The summed E-state index contributed by atoms with van der Waals surface area (Å²) >= 11 is 0. The van der Waals surface area contributed by atoms with Crippen LogP contribution in [0.2, 0.25) is 0 Å². The van der Waals surface area contributed by atoms with Crippen molar-refractivity contribution in [3.05, 3.63) is 36.4 Å². The Kier molecular flexibility index (Phi) is 9.34. The lowest BCUT2D eigenvalue weighted by molar-refractivity contribution is -0.143. The molecule has 10 heteroatoms. The van der Waals surface area contributed by atoms with E-state index in [1.807, 2.05) is 0 Å². The van der Waals surface area contributed by atoms with E-state index in [-0.39, 0.29) is 19.6 Å². The Hall–Kier alpha value is -3.24. The molecule has 0 radical (unpaired) electrons. The van der Waals surface area contributed by atoms with Crippen molar-refractivity contribution in [3.63, 3.8) is 0 Å². The SMILES string of the molecule is C=Cc1ccc(NC(=O)CN(CCN(CC(=O)O)CC(=O)O)CC(=O)O)cc1. The minimum atomic E-state index is -1.20. The van der Waals surface area contributed by atoms with E-state index < -0.39 is 43.4 Å². The Bertz CT molecular complexity index is 702. The van der Waals surface area contributed by atoms with Crippen molar-refractivity contribution >= 4 is 35.6 Å². The second kappa shape index (κ2) is 11.5. The molecule has 4 N–H and O–H groups in total. The van der Waals surface area contributed by atoms with E-state index in [4.69, 9.17) is 15.3 Å². The molecule has 0 unspecified atom stereocenters. The largest absolute Gasteiger partial charge is 0.480 e. The van der Waals surface area contributed by atoms with Crippen LogP contribution in [-0.2, 0) is 19.2 Å². The van der Waals surface area contributed by atoms with Crippen LogP contribution in [0.15, 0.2) is 30.8 Å². The van der Waals surface area contributed by atoms with Gasteiger partial charge in [0.05, 0.1) is 26.2 Å². The van der Waals surface area contributed by atoms with Gasteiger partial charge < -0.3 is 20.6 Å². The number of hydrogen-bond donors (Lipinski definition) is 4. The maximum atomic E-state index is 12.2. The molecule has 0 saturated heterocycles. The third-order valence-electron chi connectivity index (χ3n) is 3.61. The molecule has 1 rings (SSSR count). The summed E-state index contributed by atoms with van der Waals surface area (Å²) in [5.74, 6) is -4.01. The number of anilines is 1. The highest BCUT2D eigenvalue weighted by Gasteiger charge is 2.18. The van der Waals surface area contributed by atoms with E-state index >= 15 is 0 Å². The molecule has 28 heavy (non-hydrogen) atoms. The Balaban J connectivity index is 2.67. The maximum absolute atomic E-state index is 12.2. The third-order valence-corrected chi connectivity index (χ3v) is 3.61. The monoisotopic (exact) mass is 393 g/mol. The summed E-state index contributed by atoms with van der Waals surface area (Å²) in [5, 5.41) is 29.3. The zero-order chi connectivity index (χ0) is 21.1. The average Bonchev–Trinajstić information content (AvgIpc) is 2.58. The average molecular weight is 393 g/mol. The number of amides is 1. The fourth-order valence-electron chi connectivity index (χ4n) is 2.39. The van der Waals surface area contributed by atoms with Gasteiger partial charge in [-0.05, 0) is 17.7 Å². The van der Waals surface area contributed by atoms with E-state index in [1.165, 1.54) is 4.90 Å². The quantitative estimate of drug-likeness (QED) is 0.367. The summed E-state index contributed by atoms with van der Waals surface area (Å²) in [7, 11) is 0. The number of nitrogens with one attached hydrogen (secondary N) is 1. The molecule has 0 saturated carbocycles. The number of hydrogen-bond acceptors (Lipinski definition) is 6. The highest BCUT2D eigenvalue weighted by Crippen LogP contribution is 2.10. The Morgan fingerprint density at radius 3 is 1.64 bits per heavy atom. The lowest BCUT2D eigenvalue weighted by Gasteiger charge is -2.24. The standard InChI is InChI=1S/C18H23N3O7/c1-2-13-3-5-14(6-4-13)19-15(22)9-20(10-16(23)24)7-8-21(11-17(25)26)12-18(27)28/h2-6H,1,7-12H2,(H,19,22)(H,23,24)(H,25,26)(H,27,28). The molecule has 0 aliphatic heterocycles. The van der Waals surface area contributed by atoms with Gasteiger partial charge in [-0.15, -0.1) is 0 Å². The predicted octanol–water partition coefficient (Wildman–Crippen LogP) is 0.126. The Morgan fingerprint density at radius 2 is 1.25 bits per heavy atom. The first kappa shape index (κ1) is 22.8. The summed E-state index contributed by atoms with van der Waals surface area (Å²) in [5.41, 5.74) is 1.41. The molecule has 0 spiro atoms. The molecule has 10 nitrogen and oxygen atoms in total. The summed E-state index contributed by atoms with van der Waals surface area (Å²) in [6.07, 6.45) is 1.65. The van der Waals surface area contributed by atoms with Crippen LogP contribution in [0, 0.1) is 0 Å². The van der Waals surface area contributed by atoms with Gasteiger partial charge in [0, 0.05) is 18.8 Å². The summed E-state index contributed by atoms with van der Waals surface area (Å²) in [6.45, 7) is 1.92. The molecule has 0 heterocycles. The molecule has 0 aliphatic rings. The number of carbonyl (C=O) groups excluding carboxylic acids is 1. The van der Waals surface area contributed by atoms with Gasteiger partial charge >= 0.3 is 17.9 Å². The topological polar surface area (TPSA) is 147 Å². The lowest BCUT2D eigenvalue weighted by Crippen LogP contribution is -2.44. The number of benzene rings is 1. The van der Waals surface area contributed by atoms with Crippen molar-refractivity contribution in [1.82, 2.24) is 9.80 Å². The van der Waals surface area contributed by atoms with E-state index in [1.54, 1.807) is 30.3 Å². The van der Waals surface area contributed by atoms with Crippen molar-refractivity contribution < 1.29 is 34.5 Å². The highest BCUT2D eigenvalue weighted by atomic mass is 16.4. The van der Waals surface area contributed by atoms with Crippen LogP contribution >= 0.6 is 0 Å². The molecular formula is C18H23N3O7. The number of rotatable bonds is 13. The summed E-state index contributed by atoms with van der Waals surface area (Å²) < 4.78 is 0. The van der Waals surface area contributed by atoms with Gasteiger partial charge in [-0.3, -0.25) is 29.0 Å². The van der Waals surface area contributed by atoms with Crippen molar-refractivity contribution in [2.24, 2.45) is 0 Å². The minimum absolute atomic E-state index is 0.00961. The molecule has 1 amide bonds. The first-order valence-electron chi connectivity index (χ1n) is 8.32. The van der Waals surface area contributed by atoms with Crippen molar-refractivity contribution in [1.29, 1.82) is 0 Å². The third kappa shape index (κ3) is 9.46. The Morgan fingerprint density at radius 1 is 0.821 bits per heavy atom. The normalized spacial score (nSPS) is 10.6. The number of carboxylic acids is 3. The fourth-order valence-corrected chi connectivity index (χ4v) is 2.39. The summed E-state index contributed by atoms with van der Waals surface area (Å²) in [4.78, 5) is 47.3. The number of nitrogens with zero attached hydrogens (tertiary/aromatic N) is 2. The first-order chi connectivity index (χ1) is 13.2. The number of aliphatic carboxylic acids is 3.